The number of hydrogen-bond acceptors (Lipinski definition) is 6. The highest BCUT2D eigenvalue weighted by atomic mass is 31.2. The van der Waals surface area contributed by atoms with Crippen LogP contribution in [0.1, 0.15) is 6.42 Å². The third kappa shape index (κ3) is 9.19. The number of nitrogens with zero attached hydrogens (tertiary/aromatic N) is 1. The molecule has 0 aliphatic rings. The zero-order valence-electron chi connectivity index (χ0n) is 15.4. The van der Waals surface area contributed by atoms with Gasteiger partial charge in [0.2, 0.25) is 25.9 Å². The van der Waals surface area contributed by atoms with Gasteiger partial charge in [-0.2, -0.15) is 0 Å². The van der Waals surface area contributed by atoms with Crippen LogP contribution in [-0.4, -0.2) is 46.7 Å². The second-order valence-electron chi connectivity index (χ2n) is 5.65. The fourth-order valence-corrected chi connectivity index (χ4v) is 4.93. The van der Waals surface area contributed by atoms with Crippen molar-refractivity contribution in [2.24, 2.45) is 0 Å². The Morgan fingerprint density at radius 2 is 1.50 bits per heavy atom. The summed E-state index contributed by atoms with van der Waals surface area (Å²) in [5.41, 5.74) is 4.63. The van der Waals surface area contributed by atoms with Gasteiger partial charge in [0.25, 0.3) is 0 Å². The van der Waals surface area contributed by atoms with Crippen LogP contribution in [0.25, 0.3) is 11.4 Å². The third-order valence-corrected chi connectivity index (χ3v) is 8.38. The predicted octanol–water partition coefficient (Wildman–Crippen LogP) is -3.55. The Kier molecular flexibility index (Phi) is 12.2. The molecule has 0 bridgehead atoms. The van der Waals surface area contributed by atoms with Crippen LogP contribution >= 0.6 is 22.8 Å². The molecule has 2 aromatic heterocycles. The normalized spacial score (nSPS) is 16.8. The Labute approximate surface area is 170 Å². The average molecular weight is 491 g/mol. The number of nitrogens with one attached hydrogen (secondary N) is 1. The summed E-state index contributed by atoms with van der Waals surface area (Å²) < 4.78 is 32.0. The van der Waals surface area contributed by atoms with E-state index in [1.165, 1.54) is 0 Å². The van der Waals surface area contributed by atoms with Gasteiger partial charge in [-0.25, -0.2) is 9.97 Å². The van der Waals surface area contributed by atoms with E-state index < -0.39 is 40.4 Å². The van der Waals surface area contributed by atoms with Gasteiger partial charge in [-0.15, -0.1) is 0 Å². The van der Waals surface area contributed by atoms with Crippen LogP contribution in [0.15, 0.2) is 48.8 Å². The van der Waals surface area contributed by atoms with Crippen LogP contribution in [0.2, 0.25) is 0 Å². The standard InChI is InChI=1S/C10H8N2.C3H12NO9P3.2H2O/c1-3-7-11-9(5-1)10-6-2-4-8-12-10;4-3(15(8,9)10,16(11,12)13)1-2-14(5,6)7;;/h1-8H;1-2,4H2,(H2,5,6,7)(H2,8,9,10)(H2,11,12,13);2*1H2. The molecule has 0 saturated carbocycles. The van der Waals surface area contributed by atoms with Gasteiger partial charge in [-0.05, 0) is 18.2 Å². The lowest BCUT2D eigenvalue weighted by molar-refractivity contribution is -0.441. The van der Waals surface area contributed by atoms with E-state index >= 15 is 0 Å². The number of aromatic nitrogens is 2. The largest absolute Gasteiger partial charge is 0.774 e. The maximum atomic E-state index is 10.8. The van der Waals surface area contributed by atoms with Gasteiger partial charge in [0.05, 0.1) is 6.16 Å². The van der Waals surface area contributed by atoms with Crippen molar-refractivity contribution in [3.05, 3.63) is 48.8 Å². The molecule has 0 spiro atoms. The number of pyridine rings is 2. The number of H-pyrrole nitrogens is 1. The molecule has 14 nitrogen and oxygen atoms in total. The lowest BCUT2D eigenvalue weighted by Crippen LogP contribution is -2.74. The maximum Gasteiger partial charge on any atom is 0.325 e. The van der Waals surface area contributed by atoms with E-state index in [4.69, 9.17) is 19.6 Å². The van der Waals surface area contributed by atoms with E-state index in [1.54, 1.807) is 6.20 Å². The van der Waals surface area contributed by atoms with E-state index in [0.29, 0.717) is 0 Å². The topological polar surface area (TPSA) is 296 Å². The van der Waals surface area contributed by atoms with Gasteiger partial charge in [0.1, 0.15) is 5.69 Å². The summed E-state index contributed by atoms with van der Waals surface area (Å²) in [6, 6.07) is 11.8. The minimum absolute atomic E-state index is 0. The van der Waals surface area contributed by atoms with E-state index in [9.17, 15) is 23.5 Å². The van der Waals surface area contributed by atoms with Crippen LogP contribution in [0, 0.1) is 0 Å². The molecule has 2 aromatic rings. The van der Waals surface area contributed by atoms with Crippen molar-refractivity contribution in [2.75, 3.05) is 6.16 Å². The van der Waals surface area contributed by atoms with Gasteiger partial charge in [0.15, 0.2) is 6.20 Å². The maximum absolute atomic E-state index is 10.8. The van der Waals surface area contributed by atoms with Crippen molar-refractivity contribution < 1.29 is 64.7 Å². The minimum Gasteiger partial charge on any atom is -0.774 e. The molecule has 0 amide bonds. The molecule has 0 saturated heterocycles. The third-order valence-electron chi connectivity index (χ3n) is 3.51. The highest BCUT2D eigenvalue weighted by molar-refractivity contribution is 7.70. The minimum atomic E-state index is -5.63. The Morgan fingerprint density at radius 1 is 0.967 bits per heavy atom. The number of rotatable bonds is 6. The molecule has 12 N–H and O–H groups in total. The molecule has 17 heteroatoms. The molecular weight excluding hydrogens is 467 g/mol. The zero-order valence-corrected chi connectivity index (χ0v) is 18.0. The molecule has 0 aromatic carbocycles. The summed E-state index contributed by atoms with van der Waals surface area (Å²) in [4.78, 5) is 63.0. The molecule has 0 radical (unpaired) electrons. The summed E-state index contributed by atoms with van der Waals surface area (Å²) in [6.45, 7) is 0. The second kappa shape index (κ2) is 11.9. The van der Waals surface area contributed by atoms with Gasteiger partial charge < -0.3 is 55.2 Å². The predicted molar refractivity (Wildman–Crippen MR) is 100 cm³/mol. The van der Waals surface area contributed by atoms with Gasteiger partial charge in [0, 0.05) is 24.8 Å². The Bertz CT molecular complexity index is 839. The summed E-state index contributed by atoms with van der Waals surface area (Å²) in [5, 5.41) is -3.25. The van der Waals surface area contributed by atoms with Crippen molar-refractivity contribution in [2.45, 2.75) is 11.4 Å². The van der Waals surface area contributed by atoms with Crippen molar-refractivity contribution in [3.63, 3.8) is 0 Å². The zero-order chi connectivity index (χ0) is 21.6. The van der Waals surface area contributed by atoms with E-state index in [-0.39, 0.29) is 11.0 Å². The highest BCUT2D eigenvalue weighted by Crippen LogP contribution is 2.62. The molecule has 0 fully saturated rings. The molecule has 0 aliphatic carbocycles. The van der Waals surface area contributed by atoms with Crippen LogP contribution in [0.4, 0.5) is 0 Å². The van der Waals surface area contributed by atoms with Crippen LogP contribution < -0.4 is 20.5 Å². The first-order valence-electron chi connectivity index (χ1n) is 7.53. The fourth-order valence-electron chi connectivity index (χ4n) is 1.84. The van der Waals surface area contributed by atoms with E-state index in [1.807, 2.05) is 42.6 Å². The van der Waals surface area contributed by atoms with Crippen LogP contribution in [0.3, 0.4) is 0 Å². The molecule has 30 heavy (non-hydrogen) atoms. The summed E-state index contributed by atoms with van der Waals surface area (Å²) in [7, 11) is -15.9. The first kappa shape index (κ1) is 30.8. The quantitative estimate of drug-likeness (QED) is 0.248. The van der Waals surface area contributed by atoms with Gasteiger partial charge in [-0.3, -0.25) is 4.57 Å². The highest BCUT2D eigenvalue weighted by Gasteiger charge is 2.50. The van der Waals surface area contributed by atoms with Crippen LogP contribution in [0.5, 0.6) is 0 Å². The van der Waals surface area contributed by atoms with Crippen LogP contribution in [-0.2, 0) is 13.7 Å². The smallest absolute Gasteiger partial charge is 0.325 e. The van der Waals surface area contributed by atoms with Gasteiger partial charge >= 0.3 is 7.60 Å². The molecule has 2 atom stereocenters. The first-order valence-corrected chi connectivity index (χ1v) is 12.5. The van der Waals surface area contributed by atoms with Gasteiger partial charge in [-0.1, -0.05) is 6.07 Å². The lowest BCUT2D eigenvalue weighted by Gasteiger charge is -2.39. The number of hydrogen-bond donors (Lipinski definition) is 5. The Hall–Kier alpha value is -1.37. The SMILES string of the molecule is O.O.[NH3+]C(CCP(=O)(O)O)(P(=O)([O-])O)P(=O)([O-])O.c1ccc(-c2cccc[nH+]2)nc1. The number of quaternary nitrogens is 1. The number of aromatic amines is 1. The van der Waals surface area contributed by atoms with Crippen molar-refractivity contribution in [1.29, 1.82) is 0 Å². The molecule has 2 rings (SSSR count). The summed E-state index contributed by atoms with van der Waals surface area (Å²) >= 11 is 0. The lowest BCUT2D eigenvalue weighted by atomic mass is 10.2. The Morgan fingerprint density at radius 3 is 1.87 bits per heavy atom. The monoisotopic (exact) mass is 491 g/mol. The van der Waals surface area contributed by atoms with Crippen molar-refractivity contribution in [1.82, 2.24) is 4.98 Å². The van der Waals surface area contributed by atoms with Crippen molar-refractivity contribution >= 4 is 22.8 Å². The average Bonchev–Trinajstić information content (AvgIpc) is 2.59. The van der Waals surface area contributed by atoms with E-state index in [0.717, 1.165) is 11.4 Å². The summed E-state index contributed by atoms with van der Waals surface area (Å²) in [6.07, 6.45) is 1.31. The molecule has 2 heterocycles. The molecular formula is C13H24N3O11P3. The summed E-state index contributed by atoms with van der Waals surface area (Å²) in [5.74, 6) is 0. The first-order chi connectivity index (χ1) is 12.7. The fraction of sp³-hybridized carbons (Fsp3) is 0.231. The molecule has 0 aliphatic heterocycles. The molecule has 2 unspecified atom stereocenters. The Balaban J connectivity index is 0. The van der Waals surface area contributed by atoms with Crippen molar-refractivity contribution in [3.8, 4) is 11.4 Å². The molecule has 172 valence electrons. The second-order valence-corrected chi connectivity index (χ2v) is 11.6. The van der Waals surface area contributed by atoms with E-state index in [2.05, 4.69) is 15.7 Å².